The molecule has 4 nitrogen and oxygen atoms in total. The topological polar surface area (TPSA) is 48.8 Å². The van der Waals surface area contributed by atoms with Crippen molar-refractivity contribution in [1.82, 2.24) is 5.32 Å². The van der Waals surface area contributed by atoms with Crippen LogP contribution >= 0.6 is 11.3 Å². The van der Waals surface area contributed by atoms with Gasteiger partial charge in [0.25, 0.3) is 0 Å². The second kappa shape index (κ2) is 13.0. The molecule has 0 spiro atoms. The van der Waals surface area contributed by atoms with Crippen molar-refractivity contribution < 1.29 is 0 Å². The Morgan fingerprint density at radius 1 is 0.520 bits per heavy atom. The van der Waals surface area contributed by atoms with E-state index in [9.17, 15) is 0 Å². The Bertz CT molecular complexity index is 2540. The van der Waals surface area contributed by atoms with Crippen LogP contribution < -0.4 is 10.6 Å². The minimum Gasteiger partial charge on any atom is -0.354 e. The normalized spacial score (nSPS) is 14.2. The van der Waals surface area contributed by atoms with Crippen LogP contribution in [0, 0.1) is 0 Å². The number of thiophene rings is 1. The summed E-state index contributed by atoms with van der Waals surface area (Å²) in [6.07, 6.45) is -0.285. The van der Waals surface area contributed by atoms with Crippen LogP contribution in [0.5, 0.6) is 0 Å². The second-order valence-corrected chi connectivity index (χ2v) is 13.4. The Kier molecular flexibility index (Phi) is 7.72. The van der Waals surface area contributed by atoms with E-state index >= 15 is 0 Å². The maximum absolute atomic E-state index is 5.16. The van der Waals surface area contributed by atoms with Crippen molar-refractivity contribution in [3.05, 3.63) is 193 Å². The number of benzene rings is 7. The van der Waals surface area contributed by atoms with Gasteiger partial charge >= 0.3 is 0 Å². The summed E-state index contributed by atoms with van der Waals surface area (Å²) in [6, 6.07) is 61.5. The molecular formula is C45H32N4S. The van der Waals surface area contributed by atoms with Crippen LogP contribution in [0.3, 0.4) is 0 Å². The van der Waals surface area contributed by atoms with E-state index < -0.39 is 0 Å². The van der Waals surface area contributed by atoms with E-state index in [0.717, 1.165) is 45.0 Å². The molecule has 1 aliphatic heterocycles. The second-order valence-electron chi connectivity index (χ2n) is 12.4. The molecule has 8 aromatic rings. The lowest BCUT2D eigenvalue weighted by Gasteiger charge is -2.24. The van der Waals surface area contributed by atoms with Gasteiger partial charge in [0, 0.05) is 37.9 Å². The number of anilines is 2. The van der Waals surface area contributed by atoms with Gasteiger partial charge < -0.3 is 10.6 Å². The van der Waals surface area contributed by atoms with E-state index in [4.69, 9.17) is 9.98 Å². The van der Waals surface area contributed by atoms with Gasteiger partial charge in [0.1, 0.15) is 12.0 Å². The van der Waals surface area contributed by atoms with Gasteiger partial charge in [-0.05, 0) is 46.5 Å². The van der Waals surface area contributed by atoms with Crippen LogP contribution in [0.25, 0.3) is 42.4 Å². The molecule has 0 saturated heterocycles. The molecule has 1 atom stereocenters. The summed E-state index contributed by atoms with van der Waals surface area (Å²) in [6.45, 7) is 0. The third-order valence-electron chi connectivity index (χ3n) is 9.12. The van der Waals surface area contributed by atoms with Gasteiger partial charge in [-0.2, -0.15) is 0 Å². The standard InChI is InChI=1S/C45H32N4S/c1-4-14-30(15-5-1)33-20-12-21-34(28-33)44-47-43(32-18-8-3-9-19-32)48-45(49-44)35-22-13-23-36(29-35)46-41-37(31-16-6-2-7-17-31)26-27-39-38-24-10-11-25-40(38)50-42(39)41/h1-29,43,46H,(H,47,48,49). The first-order valence-electron chi connectivity index (χ1n) is 16.8. The van der Waals surface area contributed by atoms with Crippen molar-refractivity contribution in [3.8, 4) is 22.3 Å². The van der Waals surface area contributed by atoms with Crippen molar-refractivity contribution in [3.63, 3.8) is 0 Å². The minimum atomic E-state index is -0.285. The van der Waals surface area contributed by atoms with Crippen molar-refractivity contribution >= 4 is 54.6 Å². The van der Waals surface area contributed by atoms with Gasteiger partial charge in [-0.1, -0.05) is 152 Å². The van der Waals surface area contributed by atoms with E-state index in [0.29, 0.717) is 5.84 Å². The molecule has 1 aliphatic rings. The highest BCUT2D eigenvalue weighted by Crippen LogP contribution is 2.44. The Balaban J connectivity index is 1.14. The van der Waals surface area contributed by atoms with E-state index in [1.165, 1.54) is 31.3 Å². The fourth-order valence-corrected chi connectivity index (χ4v) is 7.87. The first-order valence-corrected chi connectivity index (χ1v) is 17.6. The predicted octanol–water partition coefficient (Wildman–Crippen LogP) is 11.6. The minimum absolute atomic E-state index is 0.285. The summed E-state index contributed by atoms with van der Waals surface area (Å²) in [5, 5.41) is 10.0. The van der Waals surface area contributed by atoms with E-state index in [1.807, 2.05) is 23.5 Å². The zero-order chi connectivity index (χ0) is 33.3. The monoisotopic (exact) mass is 660 g/mol. The highest BCUT2D eigenvalue weighted by Gasteiger charge is 2.22. The van der Waals surface area contributed by atoms with Crippen LogP contribution in [0.4, 0.5) is 11.4 Å². The fourth-order valence-electron chi connectivity index (χ4n) is 6.66. The lowest BCUT2D eigenvalue weighted by molar-refractivity contribution is 0.674. The quantitative estimate of drug-likeness (QED) is 0.179. The van der Waals surface area contributed by atoms with Gasteiger partial charge in [0.05, 0.1) is 10.4 Å². The smallest absolute Gasteiger partial charge is 0.159 e. The number of amidine groups is 2. The largest absolute Gasteiger partial charge is 0.354 e. The SMILES string of the molecule is c1ccc(-c2cccc(C3=NC(c4cccc(Nc5c(-c6ccccc6)ccc6c5sc5ccccc56)c4)=NC(c4ccccc4)N3)c2)cc1. The van der Waals surface area contributed by atoms with Crippen LogP contribution in [0.2, 0.25) is 0 Å². The molecule has 1 aromatic heterocycles. The molecule has 1 unspecified atom stereocenters. The molecule has 238 valence electrons. The molecule has 2 N–H and O–H groups in total. The molecule has 0 saturated carbocycles. The number of fused-ring (bicyclic) bond motifs is 3. The van der Waals surface area contributed by atoms with Crippen molar-refractivity contribution in [2.24, 2.45) is 9.98 Å². The summed E-state index contributed by atoms with van der Waals surface area (Å²) >= 11 is 1.83. The average Bonchev–Trinajstić information content (AvgIpc) is 3.58. The van der Waals surface area contributed by atoms with Gasteiger partial charge in [-0.3, -0.25) is 0 Å². The third-order valence-corrected chi connectivity index (χ3v) is 10.3. The molecular weight excluding hydrogens is 629 g/mol. The van der Waals surface area contributed by atoms with Crippen molar-refractivity contribution in [2.75, 3.05) is 5.32 Å². The molecule has 50 heavy (non-hydrogen) atoms. The lowest BCUT2D eigenvalue weighted by Crippen LogP contribution is -2.33. The summed E-state index contributed by atoms with van der Waals surface area (Å²) < 4.78 is 2.51. The van der Waals surface area contributed by atoms with Crippen LogP contribution in [0.1, 0.15) is 22.9 Å². The summed E-state index contributed by atoms with van der Waals surface area (Å²) in [7, 11) is 0. The van der Waals surface area contributed by atoms with E-state index in [-0.39, 0.29) is 6.17 Å². The maximum atomic E-state index is 5.16. The fraction of sp³-hybridized carbons (Fsp3) is 0.0222. The zero-order valence-electron chi connectivity index (χ0n) is 27.1. The van der Waals surface area contributed by atoms with Crippen molar-refractivity contribution in [2.45, 2.75) is 6.17 Å². The highest BCUT2D eigenvalue weighted by atomic mass is 32.1. The Hall–Kier alpha value is -6.30. The van der Waals surface area contributed by atoms with E-state index in [2.05, 4.69) is 174 Å². The molecule has 0 amide bonds. The molecule has 2 heterocycles. The summed E-state index contributed by atoms with van der Waals surface area (Å²) in [5.41, 5.74) is 9.76. The molecule has 0 radical (unpaired) electrons. The number of nitrogens with one attached hydrogen (secondary N) is 2. The number of rotatable bonds is 7. The van der Waals surface area contributed by atoms with Gasteiger partial charge in [-0.25, -0.2) is 9.98 Å². The van der Waals surface area contributed by atoms with Crippen molar-refractivity contribution in [1.29, 1.82) is 0 Å². The molecule has 0 fully saturated rings. The number of aliphatic imine (C=N–C) groups is 2. The number of hydrogen-bond donors (Lipinski definition) is 2. The Morgan fingerprint density at radius 3 is 2.00 bits per heavy atom. The zero-order valence-corrected chi connectivity index (χ0v) is 27.9. The molecule has 0 bridgehead atoms. The molecule has 7 aromatic carbocycles. The highest BCUT2D eigenvalue weighted by molar-refractivity contribution is 7.26. The third kappa shape index (κ3) is 5.74. The molecule has 5 heteroatoms. The maximum Gasteiger partial charge on any atom is 0.159 e. The average molecular weight is 661 g/mol. The summed E-state index contributed by atoms with van der Waals surface area (Å²) in [4.78, 5) is 10.3. The Morgan fingerprint density at radius 2 is 1.18 bits per heavy atom. The van der Waals surface area contributed by atoms with Crippen LogP contribution in [-0.2, 0) is 0 Å². The molecule has 0 aliphatic carbocycles. The molecule has 9 rings (SSSR count). The first-order chi connectivity index (χ1) is 24.8. The summed E-state index contributed by atoms with van der Waals surface area (Å²) in [5.74, 6) is 1.48. The first kappa shape index (κ1) is 29.8. The number of hydrogen-bond acceptors (Lipinski definition) is 5. The van der Waals surface area contributed by atoms with Gasteiger partial charge in [-0.15, -0.1) is 11.3 Å². The number of nitrogens with zero attached hydrogens (tertiary/aromatic N) is 2. The lowest BCUT2D eigenvalue weighted by atomic mass is 10.0. The van der Waals surface area contributed by atoms with Crippen LogP contribution in [-0.4, -0.2) is 11.7 Å². The van der Waals surface area contributed by atoms with E-state index in [1.54, 1.807) is 0 Å². The van der Waals surface area contributed by atoms with Gasteiger partial charge in [0.15, 0.2) is 5.84 Å². The van der Waals surface area contributed by atoms with Gasteiger partial charge in [0.2, 0.25) is 0 Å². The van der Waals surface area contributed by atoms with Crippen LogP contribution in [0.15, 0.2) is 186 Å². The predicted molar refractivity (Wildman–Crippen MR) is 212 cm³/mol. The Labute approximate surface area is 295 Å².